The van der Waals surface area contributed by atoms with E-state index in [0.717, 1.165) is 18.8 Å². The average Bonchev–Trinajstić information content (AvgIpc) is 3.14. The molecule has 1 N–H and O–H groups in total. The van der Waals surface area contributed by atoms with Crippen LogP contribution in [0.4, 0.5) is 0 Å². The highest BCUT2D eigenvalue weighted by Gasteiger charge is 2.52. The first-order valence-electron chi connectivity index (χ1n) is 6.56. The van der Waals surface area contributed by atoms with Gasteiger partial charge in [-0.05, 0) is 44.4 Å². The largest absolute Gasteiger partial charge is 0.480 e. The number of carboxylic acids is 1. The molecular formula is C13H21NO3. The fraction of sp³-hybridized carbons (Fsp3) is 0.846. The molecule has 4 nitrogen and oxygen atoms in total. The van der Waals surface area contributed by atoms with Crippen molar-refractivity contribution in [3.63, 3.8) is 0 Å². The number of carboxylic acid groups (broad SMARTS) is 1. The Morgan fingerprint density at radius 2 is 2.06 bits per heavy atom. The van der Waals surface area contributed by atoms with Gasteiger partial charge in [0.05, 0.1) is 0 Å². The number of nitrogens with zero attached hydrogens (tertiary/aromatic N) is 1. The van der Waals surface area contributed by atoms with Gasteiger partial charge in [0.1, 0.15) is 6.54 Å². The van der Waals surface area contributed by atoms with Gasteiger partial charge in [0.25, 0.3) is 0 Å². The van der Waals surface area contributed by atoms with E-state index in [1.54, 1.807) is 4.90 Å². The standard InChI is InChI=1S/C13H21NO3/c1-3-8(2)14(7-12(15)16)13(17)11-6-10(11)9-4-5-9/h8-11H,3-7H2,1-2H3,(H,15,16)/t8-,10-,11+/m0/s1. The number of amides is 1. The molecule has 0 radical (unpaired) electrons. The van der Waals surface area contributed by atoms with Crippen LogP contribution in [0.5, 0.6) is 0 Å². The van der Waals surface area contributed by atoms with Crippen molar-refractivity contribution in [2.45, 2.75) is 45.6 Å². The highest BCUT2D eigenvalue weighted by molar-refractivity contribution is 5.85. The van der Waals surface area contributed by atoms with Crippen LogP contribution in [0.25, 0.3) is 0 Å². The zero-order valence-corrected chi connectivity index (χ0v) is 10.6. The Kier molecular flexibility index (Phi) is 3.40. The molecule has 0 bridgehead atoms. The van der Waals surface area contributed by atoms with Crippen molar-refractivity contribution >= 4 is 11.9 Å². The first kappa shape index (κ1) is 12.4. The third-order valence-electron chi connectivity index (χ3n) is 4.10. The van der Waals surface area contributed by atoms with Gasteiger partial charge in [-0.1, -0.05) is 6.92 Å². The minimum absolute atomic E-state index is 0.0269. The molecule has 0 unspecified atom stereocenters. The summed E-state index contributed by atoms with van der Waals surface area (Å²) in [5, 5.41) is 8.87. The third kappa shape index (κ3) is 2.79. The number of rotatable bonds is 6. The van der Waals surface area contributed by atoms with Crippen molar-refractivity contribution in [2.75, 3.05) is 6.54 Å². The predicted octanol–water partition coefficient (Wildman–Crippen LogP) is 1.74. The maximum Gasteiger partial charge on any atom is 0.323 e. The quantitative estimate of drug-likeness (QED) is 0.768. The van der Waals surface area contributed by atoms with Gasteiger partial charge in [0, 0.05) is 12.0 Å². The molecular weight excluding hydrogens is 218 g/mol. The van der Waals surface area contributed by atoms with Crippen molar-refractivity contribution < 1.29 is 14.7 Å². The van der Waals surface area contributed by atoms with Gasteiger partial charge >= 0.3 is 5.97 Å². The van der Waals surface area contributed by atoms with E-state index < -0.39 is 5.97 Å². The third-order valence-corrected chi connectivity index (χ3v) is 4.10. The van der Waals surface area contributed by atoms with E-state index in [0.29, 0.717) is 5.92 Å². The molecule has 0 aliphatic heterocycles. The Morgan fingerprint density at radius 1 is 1.41 bits per heavy atom. The fourth-order valence-corrected chi connectivity index (χ4v) is 2.57. The van der Waals surface area contributed by atoms with Crippen LogP contribution < -0.4 is 0 Å². The Labute approximate surface area is 102 Å². The summed E-state index contributed by atoms with van der Waals surface area (Å²) in [6, 6.07) is 0.0269. The van der Waals surface area contributed by atoms with E-state index in [-0.39, 0.29) is 24.4 Å². The lowest BCUT2D eigenvalue weighted by molar-refractivity contribution is -0.146. The highest BCUT2D eigenvalue weighted by atomic mass is 16.4. The monoisotopic (exact) mass is 239 g/mol. The predicted molar refractivity (Wildman–Crippen MR) is 63.4 cm³/mol. The molecule has 0 aromatic rings. The van der Waals surface area contributed by atoms with Crippen molar-refractivity contribution in [2.24, 2.45) is 17.8 Å². The second-order valence-electron chi connectivity index (χ2n) is 5.46. The molecule has 0 aromatic heterocycles. The molecule has 0 saturated heterocycles. The van der Waals surface area contributed by atoms with E-state index in [2.05, 4.69) is 0 Å². The summed E-state index contributed by atoms with van der Waals surface area (Å²) in [5.41, 5.74) is 0. The van der Waals surface area contributed by atoms with Crippen LogP contribution in [0.2, 0.25) is 0 Å². The molecule has 2 saturated carbocycles. The SMILES string of the molecule is CC[C@H](C)N(CC(=O)O)C(=O)[C@@H]1C[C@H]1C1CC1. The molecule has 96 valence electrons. The second kappa shape index (κ2) is 4.67. The zero-order chi connectivity index (χ0) is 12.6. The summed E-state index contributed by atoms with van der Waals surface area (Å²) < 4.78 is 0. The van der Waals surface area contributed by atoms with E-state index >= 15 is 0 Å². The van der Waals surface area contributed by atoms with Crippen LogP contribution in [0.3, 0.4) is 0 Å². The number of aliphatic carboxylic acids is 1. The molecule has 3 atom stereocenters. The molecule has 2 aliphatic carbocycles. The van der Waals surface area contributed by atoms with Gasteiger partial charge in [-0.15, -0.1) is 0 Å². The maximum atomic E-state index is 12.2. The Morgan fingerprint density at radius 3 is 2.53 bits per heavy atom. The lowest BCUT2D eigenvalue weighted by Gasteiger charge is -2.27. The molecule has 0 heterocycles. The van der Waals surface area contributed by atoms with Crippen molar-refractivity contribution in [1.82, 2.24) is 4.90 Å². The summed E-state index contributed by atoms with van der Waals surface area (Å²) >= 11 is 0. The van der Waals surface area contributed by atoms with E-state index in [4.69, 9.17) is 5.11 Å². The number of carbonyl (C=O) groups excluding carboxylic acids is 1. The molecule has 2 fully saturated rings. The molecule has 17 heavy (non-hydrogen) atoms. The molecule has 0 spiro atoms. The molecule has 0 aromatic carbocycles. The van der Waals surface area contributed by atoms with Crippen molar-refractivity contribution in [3.05, 3.63) is 0 Å². The summed E-state index contributed by atoms with van der Waals surface area (Å²) in [5.74, 6) is 0.590. The first-order chi connectivity index (χ1) is 8.04. The molecule has 4 heteroatoms. The average molecular weight is 239 g/mol. The minimum atomic E-state index is -0.915. The van der Waals surface area contributed by atoms with Crippen LogP contribution in [-0.4, -0.2) is 34.5 Å². The fourth-order valence-electron chi connectivity index (χ4n) is 2.57. The topological polar surface area (TPSA) is 57.6 Å². The molecule has 2 aliphatic rings. The Balaban J connectivity index is 1.94. The van der Waals surface area contributed by atoms with E-state index in [1.807, 2.05) is 13.8 Å². The summed E-state index contributed by atoms with van der Waals surface area (Å²) in [4.78, 5) is 24.6. The summed E-state index contributed by atoms with van der Waals surface area (Å²) in [7, 11) is 0. The summed E-state index contributed by atoms with van der Waals surface area (Å²) in [6.45, 7) is 3.76. The maximum absolute atomic E-state index is 12.2. The second-order valence-corrected chi connectivity index (χ2v) is 5.46. The number of hydrogen-bond donors (Lipinski definition) is 1. The van der Waals surface area contributed by atoms with Crippen LogP contribution in [-0.2, 0) is 9.59 Å². The van der Waals surface area contributed by atoms with Gasteiger partial charge in [-0.3, -0.25) is 9.59 Å². The van der Waals surface area contributed by atoms with E-state index in [1.165, 1.54) is 12.8 Å². The number of hydrogen-bond acceptors (Lipinski definition) is 2. The normalized spacial score (nSPS) is 28.6. The van der Waals surface area contributed by atoms with E-state index in [9.17, 15) is 9.59 Å². The molecule has 2 rings (SSSR count). The zero-order valence-electron chi connectivity index (χ0n) is 10.6. The van der Waals surface area contributed by atoms with Crippen LogP contribution >= 0.6 is 0 Å². The van der Waals surface area contributed by atoms with Gasteiger partial charge in [0.2, 0.25) is 5.91 Å². The summed E-state index contributed by atoms with van der Waals surface area (Å²) in [6.07, 6.45) is 4.31. The van der Waals surface area contributed by atoms with Gasteiger partial charge in [-0.2, -0.15) is 0 Å². The lowest BCUT2D eigenvalue weighted by Crippen LogP contribution is -2.43. The first-order valence-corrected chi connectivity index (χ1v) is 6.56. The van der Waals surface area contributed by atoms with Crippen LogP contribution in [0, 0.1) is 17.8 Å². The Hall–Kier alpha value is -1.06. The van der Waals surface area contributed by atoms with Crippen molar-refractivity contribution in [1.29, 1.82) is 0 Å². The van der Waals surface area contributed by atoms with Gasteiger partial charge < -0.3 is 10.0 Å². The highest BCUT2D eigenvalue weighted by Crippen LogP contribution is 2.55. The smallest absolute Gasteiger partial charge is 0.323 e. The minimum Gasteiger partial charge on any atom is -0.480 e. The lowest BCUT2D eigenvalue weighted by atomic mass is 10.1. The molecule has 1 amide bonds. The number of carbonyl (C=O) groups is 2. The van der Waals surface area contributed by atoms with Crippen LogP contribution in [0.15, 0.2) is 0 Å². The van der Waals surface area contributed by atoms with Gasteiger partial charge in [0.15, 0.2) is 0 Å². The Bertz CT molecular complexity index is 325. The van der Waals surface area contributed by atoms with Gasteiger partial charge in [-0.25, -0.2) is 0 Å². The van der Waals surface area contributed by atoms with Crippen molar-refractivity contribution in [3.8, 4) is 0 Å². The van der Waals surface area contributed by atoms with Crippen LogP contribution in [0.1, 0.15) is 39.5 Å².